The molecule has 5 nitrogen and oxygen atoms in total. The van der Waals surface area contributed by atoms with Crippen molar-refractivity contribution in [3.63, 3.8) is 0 Å². The van der Waals surface area contributed by atoms with Gasteiger partial charge in [0.2, 0.25) is 0 Å². The zero-order valence-electron chi connectivity index (χ0n) is 12.3. The van der Waals surface area contributed by atoms with Gasteiger partial charge in [0.25, 0.3) is 5.91 Å². The van der Waals surface area contributed by atoms with Crippen LogP contribution in [0.3, 0.4) is 0 Å². The van der Waals surface area contributed by atoms with Crippen molar-refractivity contribution in [2.45, 2.75) is 18.9 Å². The van der Waals surface area contributed by atoms with E-state index in [1.54, 1.807) is 0 Å². The fraction of sp³-hybridized carbons (Fsp3) is 0.235. The van der Waals surface area contributed by atoms with Gasteiger partial charge in [0.15, 0.2) is 6.61 Å². The second-order valence-electron chi connectivity index (χ2n) is 5.30. The molecule has 1 aromatic carbocycles. The van der Waals surface area contributed by atoms with Crippen LogP contribution in [0.5, 0.6) is 0 Å². The molecule has 0 saturated carbocycles. The van der Waals surface area contributed by atoms with Gasteiger partial charge in [-0.25, -0.2) is 9.78 Å². The molecule has 0 aliphatic heterocycles. The Morgan fingerprint density at radius 1 is 1.26 bits per heavy atom. The number of aromatic nitrogens is 1. The highest BCUT2D eigenvalue weighted by Gasteiger charge is 2.23. The third-order valence-electron chi connectivity index (χ3n) is 3.77. The Balaban J connectivity index is 1.52. The number of carbonyl (C=O) groups is 2. The Kier molecular flexibility index (Phi) is 4.57. The molecule has 0 unspecified atom stereocenters. The van der Waals surface area contributed by atoms with E-state index >= 15 is 0 Å². The van der Waals surface area contributed by atoms with Gasteiger partial charge in [-0.3, -0.25) is 4.79 Å². The molecule has 6 heteroatoms. The molecular formula is C17H15ClN2O3. The van der Waals surface area contributed by atoms with E-state index in [1.807, 2.05) is 18.2 Å². The molecule has 1 amide bonds. The molecule has 1 aliphatic carbocycles. The van der Waals surface area contributed by atoms with Crippen LogP contribution < -0.4 is 5.32 Å². The minimum atomic E-state index is -0.601. The van der Waals surface area contributed by atoms with E-state index in [4.69, 9.17) is 16.3 Å². The predicted molar refractivity (Wildman–Crippen MR) is 85.2 cm³/mol. The van der Waals surface area contributed by atoms with Crippen LogP contribution in [-0.2, 0) is 16.0 Å². The van der Waals surface area contributed by atoms with Crippen LogP contribution in [-0.4, -0.2) is 23.5 Å². The number of nitrogens with zero attached hydrogens (tertiary/aromatic N) is 1. The van der Waals surface area contributed by atoms with Crippen LogP contribution in [0.15, 0.2) is 42.6 Å². The van der Waals surface area contributed by atoms with Gasteiger partial charge in [-0.2, -0.15) is 0 Å². The molecule has 0 radical (unpaired) electrons. The van der Waals surface area contributed by atoms with Gasteiger partial charge in [0.05, 0.1) is 11.6 Å². The molecule has 0 spiro atoms. The van der Waals surface area contributed by atoms with Crippen molar-refractivity contribution in [3.05, 3.63) is 64.4 Å². The summed E-state index contributed by atoms with van der Waals surface area (Å²) in [4.78, 5) is 27.6. The monoisotopic (exact) mass is 330 g/mol. The van der Waals surface area contributed by atoms with E-state index in [0.717, 1.165) is 18.4 Å². The second kappa shape index (κ2) is 6.79. The SMILES string of the molecule is O=C(COC(=O)c1ccc(Cl)nc1)N[C@@H]1CCc2ccccc21. The Hall–Kier alpha value is -2.40. The number of aryl methyl sites for hydroxylation is 1. The predicted octanol–water partition coefficient (Wildman–Crippen LogP) is 2.70. The summed E-state index contributed by atoms with van der Waals surface area (Å²) in [5, 5.41) is 3.19. The lowest BCUT2D eigenvalue weighted by Crippen LogP contribution is -2.31. The summed E-state index contributed by atoms with van der Waals surface area (Å²) in [6.07, 6.45) is 3.12. The topological polar surface area (TPSA) is 68.3 Å². The number of rotatable bonds is 4. The number of nitrogens with one attached hydrogen (secondary N) is 1. The number of halogens is 1. The van der Waals surface area contributed by atoms with Crippen LogP contribution in [0.2, 0.25) is 5.15 Å². The molecule has 0 saturated heterocycles. The molecule has 2 aromatic rings. The molecule has 23 heavy (non-hydrogen) atoms. The Labute approximate surface area is 138 Å². The highest BCUT2D eigenvalue weighted by atomic mass is 35.5. The summed E-state index contributed by atoms with van der Waals surface area (Å²) in [6, 6.07) is 11.0. The molecule has 1 heterocycles. The number of benzene rings is 1. The third-order valence-corrected chi connectivity index (χ3v) is 3.99. The molecule has 1 atom stereocenters. The molecule has 1 aromatic heterocycles. The second-order valence-corrected chi connectivity index (χ2v) is 5.69. The largest absolute Gasteiger partial charge is 0.452 e. The summed E-state index contributed by atoms with van der Waals surface area (Å²) >= 11 is 5.65. The number of carbonyl (C=O) groups excluding carboxylic acids is 2. The van der Waals surface area contributed by atoms with Crippen LogP contribution in [0, 0.1) is 0 Å². The minimum absolute atomic E-state index is 0.0189. The number of ether oxygens (including phenoxy) is 1. The first-order valence-corrected chi connectivity index (χ1v) is 7.67. The van der Waals surface area contributed by atoms with Gasteiger partial charge >= 0.3 is 5.97 Å². The van der Waals surface area contributed by atoms with E-state index in [1.165, 1.54) is 23.9 Å². The average Bonchev–Trinajstić information content (AvgIpc) is 2.96. The minimum Gasteiger partial charge on any atom is -0.452 e. The van der Waals surface area contributed by atoms with Crippen LogP contribution >= 0.6 is 11.6 Å². The molecule has 1 aliphatic rings. The number of pyridine rings is 1. The maximum atomic E-state index is 12.0. The normalized spacial score (nSPS) is 15.8. The molecule has 118 valence electrons. The maximum absolute atomic E-state index is 12.0. The highest BCUT2D eigenvalue weighted by Crippen LogP contribution is 2.30. The van der Waals surface area contributed by atoms with Crippen molar-refractivity contribution in [1.29, 1.82) is 0 Å². The van der Waals surface area contributed by atoms with Gasteiger partial charge < -0.3 is 10.1 Å². The Morgan fingerprint density at radius 2 is 2.09 bits per heavy atom. The fourth-order valence-corrected chi connectivity index (χ4v) is 2.77. The third kappa shape index (κ3) is 3.68. The molecule has 1 N–H and O–H groups in total. The van der Waals surface area contributed by atoms with Crippen molar-refractivity contribution in [2.24, 2.45) is 0 Å². The Morgan fingerprint density at radius 3 is 2.87 bits per heavy atom. The highest BCUT2D eigenvalue weighted by molar-refractivity contribution is 6.29. The zero-order valence-corrected chi connectivity index (χ0v) is 13.0. The van der Waals surface area contributed by atoms with Crippen molar-refractivity contribution in [3.8, 4) is 0 Å². The summed E-state index contributed by atoms with van der Waals surface area (Å²) in [5.74, 6) is -0.918. The van der Waals surface area contributed by atoms with E-state index < -0.39 is 5.97 Å². The quantitative estimate of drug-likeness (QED) is 0.691. The first-order chi connectivity index (χ1) is 11.1. The molecular weight excluding hydrogens is 316 g/mol. The standard InChI is InChI=1S/C17H15ClN2O3/c18-15-8-6-12(9-19-15)17(22)23-10-16(21)20-14-7-5-11-3-1-2-4-13(11)14/h1-4,6,8-9,14H,5,7,10H2,(H,20,21)/t14-/m1/s1. The van der Waals surface area contributed by atoms with Gasteiger partial charge in [-0.1, -0.05) is 35.9 Å². The summed E-state index contributed by atoms with van der Waals surface area (Å²) in [5.41, 5.74) is 2.64. The number of hydrogen-bond donors (Lipinski definition) is 1. The summed E-state index contributed by atoms with van der Waals surface area (Å²) in [7, 11) is 0. The van der Waals surface area contributed by atoms with Crippen molar-refractivity contribution in [1.82, 2.24) is 10.3 Å². The van der Waals surface area contributed by atoms with E-state index in [-0.39, 0.29) is 24.1 Å². The van der Waals surface area contributed by atoms with Crippen molar-refractivity contribution < 1.29 is 14.3 Å². The molecule has 3 rings (SSSR count). The average molecular weight is 331 g/mol. The molecule has 0 fully saturated rings. The lowest BCUT2D eigenvalue weighted by atomic mass is 10.1. The number of amides is 1. The number of hydrogen-bond acceptors (Lipinski definition) is 4. The first kappa shape index (κ1) is 15.5. The van der Waals surface area contributed by atoms with E-state index in [2.05, 4.69) is 16.4 Å². The zero-order chi connectivity index (χ0) is 16.2. The lowest BCUT2D eigenvalue weighted by Gasteiger charge is -2.14. The number of fused-ring (bicyclic) bond motifs is 1. The van der Waals surface area contributed by atoms with Crippen molar-refractivity contribution in [2.75, 3.05) is 6.61 Å². The van der Waals surface area contributed by atoms with Gasteiger partial charge in [0, 0.05) is 6.20 Å². The number of esters is 1. The summed E-state index contributed by atoms with van der Waals surface area (Å²) in [6.45, 7) is -0.319. The van der Waals surface area contributed by atoms with E-state index in [9.17, 15) is 9.59 Å². The van der Waals surface area contributed by atoms with Gasteiger partial charge in [-0.05, 0) is 36.1 Å². The summed E-state index contributed by atoms with van der Waals surface area (Å²) < 4.78 is 4.99. The van der Waals surface area contributed by atoms with Crippen LogP contribution in [0.1, 0.15) is 33.9 Å². The van der Waals surface area contributed by atoms with Gasteiger partial charge in [0.1, 0.15) is 5.15 Å². The maximum Gasteiger partial charge on any atom is 0.340 e. The van der Waals surface area contributed by atoms with Crippen LogP contribution in [0.25, 0.3) is 0 Å². The Bertz CT molecular complexity index is 731. The lowest BCUT2D eigenvalue weighted by molar-refractivity contribution is -0.125. The first-order valence-electron chi connectivity index (χ1n) is 7.29. The molecule has 0 bridgehead atoms. The van der Waals surface area contributed by atoms with Gasteiger partial charge in [-0.15, -0.1) is 0 Å². The van der Waals surface area contributed by atoms with E-state index in [0.29, 0.717) is 5.15 Å². The van der Waals surface area contributed by atoms with Crippen molar-refractivity contribution >= 4 is 23.5 Å². The van der Waals surface area contributed by atoms with Crippen LogP contribution in [0.4, 0.5) is 0 Å². The smallest absolute Gasteiger partial charge is 0.340 e. The fourth-order valence-electron chi connectivity index (χ4n) is 2.65.